The first-order chi connectivity index (χ1) is 11.0. The number of hydrogen-bond acceptors (Lipinski definition) is 4. The predicted octanol–water partition coefficient (Wildman–Crippen LogP) is 1.26. The van der Waals surface area contributed by atoms with Crippen LogP contribution < -0.4 is 4.74 Å². The Bertz CT molecular complexity index is 614. The van der Waals surface area contributed by atoms with Crippen molar-refractivity contribution in [1.82, 2.24) is 9.80 Å². The van der Waals surface area contributed by atoms with Crippen LogP contribution in [0.3, 0.4) is 0 Å². The number of hydrogen-bond donors (Lipinski definition) is 0. The third kappa shape index (κ3) is 4.22. The molecule has 2 rings (SSSR count). The fourth-order valence-corrected chi connectivity index (χ4v) is 2.46. The zero-order valence-electron chi connectivity index (χ0n) is 13.5. The summed E-state index contributed by atoms with van der Waals surface area (Å²) in [6.07, 6.45) is 0. The zero-order valence-corrected chi connectivity index (χ0v) is 13.5. The maximum absolute atomic E-state index is 12.2. The zero-order chi connectivity index (χ0) is 16.8. The lowest BCUT2D eigenvalue weighted by molar-refractivity contribution is -0.142. The maximum atomic E-state index is 12.2. The van der Waals surface area contributed by atoms with Crippen molar-refractivity contribution < 1.29 is 14.3 Å². The Balaban J connectivity index is 1.84. The van der Waals surface area contributed by atoms with E-state index in [4.69, 9.17) is 10.00 Å². The molecule has 1 saturated heterocycles. The van der Waals surface area contributed by atoms with Gasteiger partial charge in [0.25, 0.3) is 5.91 Å². The number of nitriles is 1. The lowest BCUT2D eigenvalue weighted by Crippen LogP contribution is -2.52. The summed E-state index contributed by atoms with van der Waals surface area (Å²) >= 11 is 0. The minimum atomic E-state index is -0.130. The molecule has 2 amide bonds. The molecular weight excluding hydrogens is 294 g/mol. The van der Waals surface area contributed by atoms with Gasteiger partial charge in [-0.2, -0.15) is 5.26 Å². The van der Waals surface area contributed by atoms with Crippen LogP contribution in [0.25, 0.3) is 0 Å². The topological polar surface area (TPSA) is 73.6 Å². The quantitative estimate of drug-likeness (QED) is 0.838. The van der Waals surface area contributed by atoms with Crippen LogP contribution in [-0.2, 0) is 9.59 Å². The molecule has 0 unspecified atom stereocenters. The number of rotatable bonds is 4. The molecule has 1 aliphatic rings. The number of carbonyl (C=O) groups excluding carboxylic acids is 2. The van der Waals surface area contributed by atoms with Gasteiger partial charge in [0, 0.05) is 32.1 Å². The van der Waals surface area contributed by atoms with Crippen LogP contribution >= 0.6 is 0 Å². The summed E-state index contributed by atoms with van der Waals surface area (Å²) in [5, 5.41) is 9.00. The third-order valence-electron chi connectivity index (χ3n) is 3.80. The van der Waals surface area contributed by atoms with E-state index in [2.05, 4.69) is 0 Å². The highest BCUT2D eigenvalue weighted by Crippen LogP contribution is 2.16. The summed E-state index contributed by atoms with van der Waals surface area (Å²) in [5.41, 5.74) is 0.410. The number of amides is 2. The van der Waals surface area contributed by atoms with E-state index in [9.17, 15) is 9.59 Å². The molecule has 1 heterocycles. The highest BCUT2D eigenvalue weighted by atomic mass is 16.5. The second kappa shape index (κ2) is 7.63. The van der Waals surface area contributed by atoms with Crippen LogP contribution in [-0.4, -0.2) is 54.4 Å². The molecule has 0 aromatic heterocycles. The van der Waals surface area contributed by atoms with Gasteiger partial charge in [-0.05, 0) is 12.1 Å². The van der Waals surface area contributed by atoms with E-state index >= 15 is 0 Å². The van der Waals surface area contributed by atoms with Gasteiger partial charge in [0.05, 0.1) is 5.56 Å². The van der Waals surface area contributed by atoms with Crippen molar-refractivity contribution in [2.75, 3.05) is 32.8 Å². The van der Waals surface area contributed by atoms with Crippen molar-refractivity contribution in [3.63, 3.8) is 0 Å². The van der Waals surface area contributed by atoms with E-state index in [1.807, 2.05) is 19.9 Å². The molecule has 0 bridgehead atoms. The highest BCUT2D eigenvalue weighted by molar-refractivity contribution is 5.80. The number of para-hydroxylation sites is 1. The molecule has 1 aromatic rings. The normalized spacial score (nSPS) is 14.5. The molecule has 1 aromatic carbocycles. The van der Waals surface area contributed by atoms with Gasteiger partial charge in [-0.3, -0.25) is 9.59 Å². The Labute approximate surface area is 136 Å². The van der Waals surface area contributed by atoms with Crippen molar-refractivity contribution in [2.45, 2.75) is 13.8 Å². The minimum Gasteiger partial charge on any atom is -0.482 e. The summed E-state index contributed by atoms with van der Waals surface area (Å²) in [5.74, 6) is 0.380. The Morgan fingerprint density at radius 3 is 2.39 bits per heavy atom. The molecular formula is C17H21N3O3. The van der Waals surface area contributed by atoms with Crippen LogP contribution in [0, 0.1) is 17.2 Å². The van der Waals surface area contributed by atoms with Crippen molar-refractivity contribution in [3.8, 4) is 11.8 Å². The van der Waals surface area contributed by atoms with Gasteiger partial charge >= 0.3 is 0 Å². The summed E-state index contributed by atoms with van der Waals surface area (Å²) in [4.78, 5) is 27.6. The van der Waals surface area contributed by atoms with Gasteiger partial charge in [-0.1, -0.05) is 26.0 Å². The monoisotopic (exact) mass is 315 g/mol. The number of ether oxygens (including phenoxy) is 1. The van der Waals surface area contributed by atoms with Crippen LogP contribution in [0.1, 0.15) is 19.4 Å². The smallest absolute Gasteiger partial charge is 0.260 e. The van der Waals surface area contributed by atoms with E-state index in [1.54, 1.807) is 34.1 Å². The highest BCUT2D eigenvalue weighted by Gasteiger charge is 2.25. The van der Waals surface area contributed by atoms with Crippen LogP contribution in [0.2, 0.25) is 0 Å². The molecule has 1 fully saturated rings. The Morgan fingerprint density at radius 2 is 1.78 bits per heavy atom. The van der Waals surface area contributed by atoms with Gasteiger partial charge in [0.1, 0.15) is 11.8 Å². The number of nitrogens with zero attached hydrogens (tertiary/aromatic N) is 3. The molecule has 0 saturated carbocycles. The van der Waals surface area contributed by atoms with Gasteiger partial charge in [-0.25, -0.2) is 0 Å². The second-order valence-electron chi connectivity index (χ2n) is 5.76. The molecule has 1 aliphatic heterocycles. The second-order valence-corrected chi connectivity index (χ2v) is 5.76. The summed E-state index contributed by atoms with van der Waals surface area (Å²) in [6.45, 7) is 5.79. The lowest BCUT2D eigenvalue weighted by atomic mass is 10.1. The molecule has 0 N–H and O–H groups in total. The molecule has 122 valence electrons. The average molecular weight is 315 g/mol. The van der Waals surface area contributed by atoms with E-state index < -0.39 is 0 Å². The van der Waals surface area contributed by atoms with Crippen molar-refractivity contribution in [2.24, 2.45) is 5.92 Å². The third-order valence-corrected chi connectivity index (χ3v) is 3.80. The SMILES string of the molecule is CC(C)C(=O)N1CCN(C(=O)COc2ccccc2C#N)CC1. The molecule has 23 heavy (non-hydrogen) atoms. The number of piperazine rings is 1. The van der Waals surface area contributed by atoms with Crippen LogP contribution in [0.15, 0.2) is 24.3 Å². The van der Waals surface area contributed by atoms with Gasteiger partial charge in [0.2, 0.25) is 5.91 Å². The Morgan fingerprint density at radius 1 is 1.17 bits per heavy atom. The Hall–Kier alpha value is -2.55. The Kier molecular flexibility index (Phi) is 5.58. The molecule has 6 heteroatoms. The summed E-state index contributed by atoms with van der Waals surface area (Å²) < 4.78 is 5.46. The molecule has 0 atom stereocenters. The first-order valence-electron chi connectivity index (χ1n) is 7.71. The van der Waals surface area contributed by atoms with E-state index in [1.165, 1.54) is 0 Å². The first-order valence-corrected chi connectivity index (χ1v) is 7.71. The van der Waals surface area contributed by atoms with E-state index in [0.717, 1.165) is 0 Å². The molecule has 0 aliphatic carbocycles. The van der Waals surface area contributed by atoms with Crippen LogP contribution in [0.4, 0.5) is 0 Å². The standard InChI is InChI=1S/C17H21N3O3/c1-13(2)17(22)20-9-7-19(8-10-20)16(21)12-23-15-6-4-3-5-14(15)11-18/h3-6,13H,7-10,12H2,1-2H3. The van der Waals surface area contributed by atoms with Crippen LogP contribution in [0.5, 0.6) is 5.75 Å². The largest absolute Gasteiger partial charge is 0.482 e. The number of carbonyl (C=O) groups is 2. The van der Waals surface area contributed by atoms with Gasteiger partial charge in [-0.15, -0.1) is 0 Å². The predicted molar refractivity (Wildman–Crippen MR) is 84.7 cm³/mol. The number of benzene rings is 1. The van der Waals surface area contributed by atoms with Gasteiger partial charge < -0.3 is 14.5 Å². The van der Waals surface area contributed by atoms with Crippen molar-refractivity contribution >= 4 is 11.8 Å². The maximum Gasteiger partial charge on any atom is 0.260 e. The average Bonchev–Trinajstić information content (AvgIpc) is 2.59. The van der Waals surface area contributed by atoms with Crippen molar-refractivity contribution in [1.29, 1.82) is 5.26 Å². The fraction of sp³-hybridized carbons (Fsp3) is 0.471. The summed E-state index contributed by atoms with van der Waals surface area (Å²) in [7, 11) is 0. The fourth-order valence-electron chi connectivity index (χ4n) is 2.46. The van der Waals surface area contributed by atoms with Crippen molar-refractivity contribution in [3.05, 3.63) is 29.8 Å². The van der Waals surface area contributed by atoms with E-state index in [-0.39, 0.29) is 24.3 Å². The van der Waals surface area contributed by atoms with Gasteiger partial charge in [0.15, 0.2) is 6.61 Å². The lowest BCUT2D eigenvalue weighted by Gasteiger charge is -2.35. The first kappa shape index (κ1) is 16.8. The van der Waals surface area contributed by atoms with E-state index in [0.29, 0.717) is 37.5 Å². The minimum absolute atomic E-state index is 0.0249. The molecule has 0 radical (unpaired) electrons. The molecule has 0 spiro atoms. The molecule has 6 nitrogen and oxygen atoms in total. The summed E-state index contributed by atoms with van der Waals surface area (Å²) in [6, 6.07) is 8.86.